The summed E-state index contributed by atoms with van der Waals surface area (Å²) in [5, 5.41) is 13.3. The summed E-state index contributed by atoms with van der Waals surface area (Å²) in [6.45, 7) is 1.70. The monoisotopic (exact) mass is 377 g/mol. The standard InChI is InChI=1S/C16H12ClN3O4S/c1-9(25-16-19-13-4-2-3-5-14(13)24-16)15(21)18-12-7-6-10(20(22)23)8-11(12)17/h2-9H,1H3,(H,18,21)/t9-/m1/s1. The third-order valence-corrected chi connectivity index (χ3v) is 4.60. The van der Waals surface area contributed by atoms with E-state index in [0.29, 0.717) is 16.5 Å². The van der Waals surface area contributed by atoms with Gasteiger partial charge in [0, 0.05) is 12.1 Å². The molecule has 0 saturated heterocycles. The number of fused-ring (bicyclic) bond motifs is 1. The van der Waals surface area contributed by atoms with Gasteiger partial charge in [0.25, 0.3) is 10.9 Å². The molecule has 0 aliphatic carbocycles. The molecule has 0 fully saturated rings. The number of non-ortho nitro benzene ring substituents is 1. The smallest absolute Gasteiger partial charge is 0.271 e. The molecule has 9 heteroatoms. The highest BCUT2D eigenvalue weighted by atomic mass is 35.5. The lowest BCUT2D eigenvalue weighted by Gasteiger charge is -2.11. The van der Waals surface area contributed by atoms with E-state index >= 15 is 0 Å². The normalized spacial score (nSPS) is 12.1. The van der Waals surface area contributed by atoms with Crippen LogP contribution in [0.5, 0.6) is 0 Å². The van der Waals surface area contributed by atoms with E-state index in [2.05, 4.69) is 10.3 Å². The number of benzene rings is 2. The Kier molecular flexibility index (Phi) is 4.91. The van der Waals surface area contributed by atoms with Crippen LogP contribution in [0.15, 0.2) is 52.1 Å². The molecular weight excluding hydrogens is 366 g/mol. The second-order valence-electron chi connectivity index (χ2n) is 5.12. The second kappa shape index (κ2) is 7.12. The number of amides is 1. The van der Waals surface area contributed by atoms with Gasteiger partial charge in [0.05, 0.1) is 20.9 Å². The van der Waals surface area contributed by atoms with Gasteiger partial charge in [-0.1, -0.05) is 35.5 Å². The lowest BCUT2D eigenvalue weighted by molar-refractivity contribution is -0.384. The Hall–Kier alpha value is -2.58. The van der Waals surface area contributed by atoms with Crippen molar-refractivity contribution in [1.82, 2.24) is 4.98 Å². The number of halogens is 1. The number of nitro groups is 1. The van der Waals surface area contributed by atoms with Gasteiger partial charge >= 0.3 is 0 Å². The molecule has 1 N–H and O–H groups in total. The first-order chi connectivity index (χ1) is 11.9. The van der Waals surface area contributed by atoms with E-state index in [1.54, 1.807) is 13.0 Å². The minimum absolute atomic E-state index is 0.0987. The van der Waals surface area contributed by atoms with Gasteiger partial charge in [-0.3, -0.25) is 14.9 Å². The fraction of sp³-hybridized carbons (Fsp3) is 0.125. The zero-order valence-electron chi connectivity index (χ0n) is 12.9. The minimum atomic E-state index is -0.552. The molecule has 128 valence electrons. The molecule has 0 bridgehead atoms. The van der Waals surface area contributed by atoms with Gasteiger partial charge in [-0.15, -0.1) is 0 Å². The number of nitrogens with one attached hydrogen (secondary N) is 1. The second-order valence-corrected chi connectivity index (χ2v) is 6.82. The Labute approximate surface area is 151 Å². The maximum absolute atomic E-state index is 12.3. The maximum atomic E-state index is 12.3. The van der Waals surface area contributed by atoms with E-state index in [4.69, 9.17) is 16.0 Å². The summed E-state index contributed by atoms with van der Waals surface area (Å²) >= 11 is 7.15. The van der Waals surface area contributed by atoms with E-state index in [9.17, 15) is 14.9 Å². The van der Waals surface area contributed by atoms with Crippen LogP contribution in [0.4, 0.5) is 11.4 Å². The van der Waals surface area contributed by atoms with Crippen molar-refractivity contribution in [3.05, 3.63) is 57.6 Å². The van der Waals surface area contributed by atoms with Crippen LogP contribution >= 0.6 is 23.4 Å². The van der Waals surface area contributed by atoms with Crippen LogP contribution in [-0.2, 0) is 4.79 Å². The number of carbonyl (C=O) groups excluding carboxylic acids is 1. The van der Waals surface area contributed by atoms with E-state index in [0.717, 1.165) is 5.52 Å². The number of thioether (sulfide) groups is 1. The predicted molar refractivity (Wildman–Crippen MR) is 96.1 cm³/mol. The average molecular weight is 378 g/mol. The number of anilines is 1. The first-order valence-electron chi connectivity index (χ1n) is 7.21. The van der Waals surface area contributed by atoms with Gasteiger partial charge in [0.2, 0.25) is 5.91 Å². The molecule has 3 rings (SSSR count). The molecule has 1 heterocycles. The lowest BCUT2D eigenvalue weighted by atomic mass is 10.2. The predicted octanol–water partition coefficient (Wildman–Crippen LogP) is 4.51. The van der Waals surface area contributed by atoms with Crippen LogP contribution in [0.1, 0.15) is 6.92 Å². The van der Waals surface area contributed by atoms with Crippen molar-refractivity contribution in [2.75, 3.05) is 5.32 Å². The van der Waals surface area contributed by atoms with Crippen LogP contribution in [0.3, 0.4) is 0 Å². The summed E-state index contributed by atoms with van der Waals surface area (Å²) in [5.41, 5.74) is 1.53. The number of carbonyl (C=O) groups is 1. The zero-order valence-corrected chi connectivity index (χ0v) is 14.5. The van der Waals surface area contributed by atoms with E-state index in [1.807, 2.05) is 18.2 Å². The number of hydrogen-bond donors (Lipinski definition) is 1. The topological polar surface area (TPSA) is 98.3 Å². The summed E-state index contributed by atoms with van der Waals surface area (Å²) < 4.78 is 5.58. The highest BCUT2D eigenvalue weighted by Crippen LogP contribution is 2.30. The molecule has 0 radical (unpaired) electrons. The van der Waals surface area contributed by atoms with Gasteiger partial charge in [-0.05, 0) is 25.1 Å². The van der Waals surface area contributed by atoms with Gasteiger partial charge in [0.1, 0.15) is 5.52 Å². The largest absolute Gasteiger partial charge is 0.431 e. The van der Waals surface area contributed by atoms with Crippen LogP contribution in [0, 0.1) is 10.1 Å². The number of hydrogen-bond acceptors (Lipinski definition) is 6. The minimum Gasteiger partial charge on any atom is -0.431 e. The summed E-state index contributed by atoms with van der Waals surface area (Å²) in [6.07, 6.45) is 0. The number of aromatic nitrogens is 1. The van der Waals surface area contributed by atoms with Gasteiger partial charge in [-0.2, -0.15) is 0 Å². The van der Waals surface area contributed by atoms with Crippen LogP contribution in [-0.4, -0.2) is 21.1 Å². The van der Waals surface area contributed by atoms with E-state index < -0.39 is 10.2 Å². The Morgan fingerprint density at radius 1 is 1.36 bits per heavy atom. The van der Waals surface area contributed by atoms with Crippen molar-refractivity contribution >= 4 is 51.7 Å². The summed E-state index contributed by atoms with van der Waals surface area (Å²) in [7, 11) is 0. The number of para-hydroxylation sites is 2. The van der Waals surface area contributed by atoms with E-state index in [1.165, 1.54) is 30.0 Å². The Balaban J connectivity index is 1.69. The third kappa shape index (κ3) is 3.92. The molecule has 1 aromatic heterocycles. The molecule has 3 aromatic rings. The fourth-order valence-corrected chi connectivity index (χ4v) is 3.04. The molecule has 0 aliphatic heterocycles. The van der Waals surface area contributed by atoms with Crippen LogP contribution in [0.25, 0.3) is 11.1 Å². The summed E-state index contributed by atoms with van der Waals surface area (Å²) in [6, 6.07) is 11.2. The van der Waals surface area contributed by atoms with Crippen molar-refractivity contribution in [2.45, 2.75) is 17.4 Å². The number of nitro benzene ring substituents is 1. The molecule has 25 heavy (non-hydrogen) atoms. The first kappa shape index (κ1) is 17.2. The first-order valence-corrected chi connectivity index (χ1v) is 8.47. The zero-order chi connectivity index (χ0) is 18.0. The van der Waals surface area contributed by atoms with Gasteiger partial charge in [0.15, 0.2) is 5.58 Å². The highest BCUT2D eigenvalue weighted by Gasteiger charge is 2.19. The van der Waals surface area contributed by atoms with Crippen molar-refractivity contribution in [2.24, 2.45) is 0 Å². The van der Waals surface area contributed by atoms with Crippen molar-refractivity contribution in [3.63, 3.8) is 0 Å². The molecule has 0 unspecified atom stereocenters. The molecule has 1 amide bonds. The Morgan fingerprint density at radius 3 is 2.80 bits per heavy atom. The Bertz CT molecular complexity index is 926. The maximum Gasteiger partial charge on any atom is 0.271 e. The van der Waals surface area contributed by atoms with Gasteiger partial charge in [-0.25, -0.2) is 4.98 Å². The third-order valence-electron chi connectivity index (χ3n) is 3.34. The molecule has 0 spiro atoms. The van der Waals surface area contributed by atoms with E-state index in [-0.39, 0.29) is 16.6 Å². The molecule has 0 aliphatic rings. The molecule has 1 atom stereocenters. The van der Waals surface area contributed by atoms with Crippen LogP contribution in [0.2, 0.25) is 5.02 Å². The van der Waals surface area contributed by atoms with Gasteiger partial charge < -0.3 is 9.73 Å². The molecule has 2 aromatic carbocycles. The molecule has 0 saturated carbocycles. The summed E-state index contributed by atoms with van der Waals surface area (Å²) in [5.74, 6) is -0.317. The SMILES string of the molecule is C[C@@H](Sc1nc2ccccc2o1)C(=O)Nc1ccc([N+](=O)[O-])cc1Cl. The Morgan fingerprint density at radius 2 is 2.12 bits per heavy atom. The number of rotatable bonds is 5. The number of nitrogens with zero attached hydrogens (tertiary/aromatic N) is 2. The molecule has 7 nitrogen and oxygen atoms in total. The highest BCUT2D eigenvalue weighted by molar-refractivity contribution is 8.00. The quantitative estimate of drug-likeness (QED) is 0.399. The van der Waals surface area contributed by atoms with Crippen LogP contribution < -0.4 is 5.32 Å². The summed E-state index contributed by atoms with van der Waals surface area (Å²) in [4.78, 5) is 26.8. The van der Waals surface area contributed by atoms with Crippen molar-refractivity contribution in [1.29, 1.82) is 0 Å². The average Bonchev–Trinajstić information content (AvgIpc) is 2.98. The lowest BCUT2D eigenvalue weighted by Crippen LogP contribution is -2.22. The number of oxazole rings is 1. The van der Waals surface area contributed by atoms with Crippen molar-refractivity contribution < 1.29 is 14.1 Å². The van der Waals surface area contributed by atoms with Crippen molar-refractivity contribution in [3.8, 4) is 0 Å². The molecular formula is C16H12ClN3O4S. The fourth-order valence-electron chi connectivity index (χ4n) is 2.06.